The minimum atomic E-state index is 1.05. The number of fused-ring (bicyclic) bond motifs is 1. The Balaban J connectivity index is 0.000000606. The van der Waals surface area contributed by atoms with E-state index < -0.39 is 0 Å². The fraction of sp³-hybridized carbons (Fsp3) is 0.571. The number of hydrogen-bond acceptors (Lipinski definition) is 1. The summed E-state index contributed by atoms with van der Waals surface area (Å²) in [6, 6.07) is 0. The van der Waals surface area contributed by atoms with E-state index in [4.69, 9.17) is 0 Å². The minimum absolute atomic E-state index is 1.05. The van der Waals surface area contributed by atoms with E-state index in [-0.39, 0.29) is 0 Å². The maximum absolute atomic E-state index is 3.36. The third-order valence-corrected chi connectivity index (χ3v) is 2.79. The second-order valence-electron chi connectivity index (χ2n) is 3.83. The molecule has 2 rings (SSSR count). The highest BCUT2D eigenvalue weighted by atomic mass is 14.8. The molecule has 0 aromatic carbocycles. The molecule has 2 heteroatoms. The van der Waals surface area contributed by atoms with Gasteiger partial charge in [-0.05, 0) is 50.1 Å². The van der Waals surface area contributed by atoms with Crippen molar-refractivity contribution in [1.29, 1.82) is 0 Å². The molecule has 2 N–H and O–H groups in total. The van der Waals surface area contributed by atoms with Crippen LogP contribution in [0.25, 0.3) is 12.2 Å². The monoisotopic (exact) mass is 220 g/mol. The van der Waals surface area contributed by atoms with Gasteiger partial charge in [0, 0.05) is 11.5 Å². The number of aromatic amines is 1. The summed E-state index contributed by atoms with van der Waals surface area (Å²) in [5.41, 5.74) is 1.45. The highest BCUT2D eigenvalue weighted by molar-refractivity contribution is 5.36. The SMILES string of the molecule is CC.CNCCc1c[nH]c2c1=CCCCC=2. The van der Waals surface area contributed by atoms with Gasteiger partial charge in [-0.15, -0.1) is 0 Å². The summed E-state index contributed by atoms with van der Waals surface area (Å²) in [4.78, 5) is 3.36. The van der Waals surface area contributed by atoms with Crippen LogP contribution in [0.3, 0.4) is 0 Å². The van der Waals surface area contributed by atoms with Crippen molar-refractivity contribution in [3.05, 3.63) is 22.3 Å². The molecule has 0 unspecified atom stereocenters. The number of hydrogen-bond donors (Lipinski definition) is 2. The third-order valence-electron chi connectivity index (χ3n) is 2.79. The maximum Gasteiger partial charge on any atom is 0.0413 e. The molecule has 0 saturated carbocycles. The van der Waals surface area contributed by atoms with E-state index in [0.29, 0.717) is 0 Å². The molecule has 0 aliphatic heterocycles. The van der Waals surface area contributed by atoms with E-state index >= 15 is 0 Å². The zero-order valence-corrected chi connectivity index (χ0v) is 10.8. The second kappa shape index (κ2) is 7.29. The highest BCUT2D eigenvalue weighted by Gasteiger charge is 2.00. The zero-order chi connectivity index (χ0) is 11.8. The van der Waals surface area contributed by atoms with Crippen LogP contribution in [-0.4, -0.2) is 18.6 Å². The van der Waals surface area contributed by atoms with Gasteiger partial charge in [0.2, 0.25) is 0 Å². The molecular formula is C14H24N2. The molecule has 0 radical (unpaired) electrons. The van der Waals surface area contributed by atoms with Crippen molar-refractivity contribution < 1.29 is 0 Å². The van der Waals surface area contributed by atoms with Crippen LogP contribution >= 0.6 is 0 Å². The maximum atomic E-state index is 3.36. The second-order valence-corrected chi connectivity index (χ2v) is 3.83. The van der Waals surface area contributed by atoms with E-state index in [2.05, 4.69) is 28.6 Å². The predicted octanol–water partition coefficient (Wildman–Crippen LogP) is 1.55. The van der Waals surface area contributed by atoms with E-state index in [9.17, 15) is 0 Å². The van der Waals surface area contributed by atoms with Crippen LogP contribution in [0.4, 0.5) is 0 Å². The molecule has 1 aromatic rings. The van der Waals surface area contributed by atoms with Gasteiger partial charge in [-0.3, -0.25) is 0 Å². The summed E-state index contributed by atoms with van der Waals surface area (Å²) in [5, 5.41) is 5.96. The van der Waals surface area contributed by atoms with Crippen molar-refractivity contribution in [2.75, 3.05) is 13.6 Å². The lowest BCUT2D eigenvalue weighted by Gasteiger charge is -1.95. The van der Waals surface area contributed by atoms with Crippen molar-refractivity contribution in [1.82, 2.24) is 10.3 Å². The first kappa shape index (κ1) is 13.0. The fourth-order valence-electron chi connectivity index (χ4n) is 1.98. The first-order valence-electron chi connectivity index (χ1n) is 6.43. The summed E-state index contributed by atoms with van der Waals surface area (Å²) >= 11 is 0. The topological polar surface area (TPSA) is 27.8 Å². The summed E-state index contributed by atoms with van der Waals surface area (Å²) in [5.74, 6) is 0. The van der Waals surface area contributed by atoms with Gasteiger partial charge in [-0.1, -0.05) is 26.0 Å². The molecule has 0 spiro atoms. The predicted molar refractivity (Wildman–Crippen MR) is 71.8 cm³/mol. The Hall–Kier alpha value is -1.02. The van der Waals surface area contributed by atoms with Crippen LogP contribution in [0.15, 0.2) is 6.20 Å². The van der Waals surface area contributed by atoms with Crippen molar-refractivity contribution in [3.63, 3.8) is 0 Å². The molecular weight excluding hydrogens is 196 g/mol. The van der Waals surface area contributed by atoms with Gasteiger partial charge in [0.25, 0.3) is 0 Å². The molecule has 0 bridgehead atoms. The molecule has 1 aliphatic carbocycles. The molecule has 1 aliphatic rings. The van der Waals surface area contributed by atoms with E-state index in [1.807, 2.05) is 20.9 Å². The largest absolute Gasteiger partial charge is 0.361 e. The summed E-state index contributed by atoms with van der Waals surface area (Å²) < 4.78 is 0. The lowest BCUT2D eigenvalue weighted by Crippen LogP contribution is -2.25. The van der Waals surface area contributed by atoms with Crippen molar-refractivity contribution in [2.45, 2.75) is 39.5 Å². The molecule has 1 aromatic heterocycles. The zero-order valence-electron chi connectivity index (χ0n) is 10.8. The normalized spacial score (nSPS) is 13.7. The summed E-state index contributed by atoms with van der Waals surface area (Å²) in [7, 11) is 2.00. The molecule has 90 valence electrons. The van der Waals surface area contributed by atoms with Gasteiger partial charge in [0.1, 0.15) is 0 Å². The molecule has 2 nitrogen and oxygen atoms in total. The number of aromatic nitrogens is 1. The molecule has 0 atom stereocenters. The van der Waals surface area contributed by atoms with Gasteiger partial charge < -0.3 is 10.3 Å². The lowest BCUT2D eigenvalue weighted by atomic mass is 10.2. The van der Waals surface area contributed by atoms with Gasteiger partial charge in [0.15, 0.2) is 0 Å². The Morgan fingerprint density at radius 3 is 2.75 bits per heavy atom. The molecule has 0 fully saturated rings. The molecule has 0 saturated heterocycles. The number of rotatable bonds is 3. The molecule has 1 heterocycles. The number of likely N-dealkylation sites (N-methyl/N-ethyl adjacent to an activating group) is 1. The van der Waals surface area contributed by atoms with Crippen LogP contribution < -0.4 is 15.9 Å². The average Bonchev–Trinajstić information content (AvgIpc) is 2.57. The van der Waals surface area contributed by atoms with Gasteiger partial charge in [-0.2, -0.15) is 0 Å². The van der Waals surface area contributed by atoms with E-state index in [1.54, 1.807) is 0 Å². The first-order chi connectivity index (χ1) is 7.92. The van der Waals surface area contributed by atoms with Crippen LogP contribution in [0.2, 0.25) is 0 Å². The van der Waals surface area contributed by atoms with E-state index in [1.165, 1.54) is 35.4 Å². The van der Waals surface area contributed by atoms with Gasteiger partial charge >= 0.3 is 0 Å². The smallest absolute Gasteiger partial charge is 0.0413 e. The average molecular weight is 220 g/mol. The quantitative estimate of drug-likeness (QED) is 0.795. The summed E-state index contributed by atoms with van der Waals surface area (Å²) in [6.07, 6.45) is 11.7. The Bertz CT molecular complexity index is 401. The molecule has 0 amide bonds. The molecule has 16 heavy (non-hydrogen) atoms. The Kier molecular flexibility index (Phi) is 5.94. The van der Waals surface area contributed by atoms with Crippen molar-refractivity contribution in [3.8, 4) is 0 Å². The highest BCUT2D eigenvalue weighted by Crippen LogP contribution is 2.00. The van der Waals surface area contributed by atoms with Crippen LogP contribution in [0.1, 0.15) is 38.7 Å². The van der Waals surface area contributed by atoms with E-state index in [0.717, 1.165) is 13.0 Å². The van der Waals surface area contributed by atoms with Crippen molar-refractivity contribution >= 4 is 12.2 Å². The van der Waals surface area contributed by atoms with Crippen molar-refractivity contribution in [2.24, 2.45) is 0 Å². The first-order valence-corrected chi connectivity index (χ1v) is 6.43. The Morgan fingerprint density at radius 1 is 1.25 bits per heavy atom. The third kappa shape index (κ3) is 3.24. The summed E-state index contributed by atoms with van der Waals surface area (Å²) in [6.45, 7) is 5.05. The van der Waals surface area contributed by atoms with Crippen LogP contribution in [0, 0.1) is 0 Å². The Morgan fingerprint density at radius 2 is 2.00 bits per heavy atom. The minimum Gasteiger partial charge on any atom is -0.361 e. The standard InChI is InChI=1S/C12H18N2.C2H6/c1-13-8-7-10-9-14-12-6-4-2-3-5-11(10)12;1-2/h5-6,9,13-14H,2-4,7-8H2,1H3;1-2H3. The lowest BCUT2D eigenvalue weighted by molar-refractivity contribution is 0.790. The number of nitrogens with one attached hydrogen (secondary N) is 2. The van der Waals surface area contributed by atoms with Crippen LogP contribution in [-0.2, 0) is 6.42 Å². The fourth-order valence-corrected chi connectivity index (χ4v) is 1.98. The van der Waals surface area contributed by atoms with Gasteiger partial charge in [-0.25, -0.2) is 0 Å². The Labute approximate surface area is 98.5 Å². The number of H-pyrrole nitrogens is 1. The van der Waals surface area contributed by atoms with Crippen LogP contribution in [0.5, 0.6) is 0 Å². The van der Waals surface area contributed by atoms with Gasteiger partial charge in [0.05, 0.1) is 0 Å².